The highest BCUT2D eigenvalue weighted by molar-refractivity contribution is 5.98. The predicted octanol–water partition coefficient (Wildman–Crippen LogP) is 2.55. The number of ether oxygens (including phenoxy) is 1. The van der Waals surface area contributed by atoms with Crippen molar-refractivity contribution in [3.8, 4) is 11.8 Å². The van der Waals surface area contributed by atoms with Gasteiger partial charge in [0.2, 0.25) is 0 Å². The number of nitrogens with one attached hydrogen (secondary N) is 1. The normalized spacial score (nSPS) is 16.8. The molecule has 132 valence electrons. The zero-order chi connectivity index (χ0) is 18.1. The number of fused-ring (bicyclic) bond motifs is 1. The molecule has 0 radical (unpaired) electrons. The van der Waals surface area contributed by atoms with E-state index in [-0.39, 0.29) is 12.0 Å². The van der Waals surface area contributed by atoms with Crippen LogP contribution in [0.3, 0.4) is 0 Å². The summed E-state index contributed by atoms with van der Waals surface area (Å²) in [4.78, 5) is 18.8. The topological polar surface area (TPSA) is 78.2 Å². The lowest BCUT2D eigenvalue weighted by atomic mass is 10.1. The Kier molecular flexibility index (Phi) is 4.21. The van der Waals surface area contributed by atoms with Crippen molar-refractivity contribution in [3.63, 3.8) is 0 Å². The number of nitrogens with zero attached hydrogens (tertiary/aromatic N) is 3. The van der Waals surface area contributed by atoms with Crippen LogP contribution >= 0.6 is 0 Å². The van der Waals surface area contributed by atoms with Crippen molar-refractivity contribution in [2.45, 2.75) is 32.4 Å². The minimum absolute atomic E-state index is 0.0309. The quantitative estimate of drug-likeness (QED) is 0.922. The SMILES string of the molecule is Cc1cc2c(nc1N1CCC(Oc3ccc(C#N)cc3)CC1)CNC2=O. The summed E-state index contributed by atoms with van der Waals surface area (Å²) in [7, 11) is 0. The molecule has 0 saturated carbocycles. The number of amides is 1. The van der Waals surface area contributed by atoms with E-state index in [2.05, 4.69) is 16.3 Å². The number of pyridine rings is 1. The molecule has 1 N–H and O–H groups in total. The van der Waals surface area contributed by atoms with Crippen LogP contribution in [0, 0.1) is 18.3 Å². The number of hydrogen-bond acceptors (Lipinski definition) is 5. The Morgan fingerprint density at radius 3 is 2.69 bits per heavy atom. The molecule has 1 aromatic carbocycles. The fraction of sp³-hybridized carbons (Fsp3) is 0.350. The highest BCUT2D eigenvalue weighted by Gasteiger charge is 2.26. The molecule has 6 nitrogen and oxygen atoms in total. The average molecular weight is 348 g/mol. The Balaban J connectivity index is 1.41. The molecule has 0 spiro atoms. The average Bonchev–Trinajstić information content (AvgIpc) is 3.02. The lowest BCUT2D eigenvalue weighted by Crippen LogP contribution is -2.39. The molecule has 6 heteroatoms. The van der Waals surface area contributed by atoms with Gasteiger partial charge in [0.1, 0.15) is 17.7 Å². The maximum Gasteiger partial charge on any atom is 0.253 e. The van der Waals surface area contributed by atoms with Gasteiger partial charge in [0.25, 0.3) is 5.91 Å². The van der Waals surface area contributed by atoms with E-state index in [9.17, 15) is 4.79 Å². The molecule has 0 bridgehead atoms. The molecule has 2 aromatic rings. The Morgan fingerprint density at radius 1 is 1.27 bits per heavy atom. The summed E-state index contributed by atoms with van der Waals surface area (Å²) in [6, 6.07) is 11.3. The number of aromatic nitrogens is 1. The third-order valence-corrected chi connectivity index (χ3v) is 4.95. The molecule has 2 aliphatic rings. The van der Waals surface area contributed by atoms with Gasteiger partial charge in [-0.3, -0.25) is 4.79 Å². The standard InChI is InChI=1S/C20H20N4O2/c1-13-10-17-18(12-22-20(17)25)23-19(13)24-8-6-16(7-9-24)26-15-4-2-14(11-21)3-5-15/h2-5,10,16H,6-9,12H2,1H3,(H,22,25). The zero-order valence-electron chi connectivity index (χ0n) is 14.7. The van der Waals surface area contributed by atoms with Crippen LogP contribution in [-0.2, 0) is 6.54 Å². The second-order valence-corrected chi connectivity index (χ2v) is 6.75. The molecule has 1 fully saturated rings. The summed E-state index contributed by atoms with van der Waals surface area (Å²) in [6.45, 7) is 4.26. The second-order valence-electron chi connectivity index (χ2n) is 6.75. The van der Waals surface area contributed by atoms with Crippen LogP contribution in [0.2, 0.25) is 0 Å². The monoisotopic (exact) mass is 348 g/mol. The van der Waals surface area contributed by atoms with Crippen molar-refractivity contribution in [1.82, 2.24) is 10.3 Å². The summed E-state index contributed by atoms with van der Waals surface area (Å²) in [5.41, 5.74) is 3.21. The van der Waals surface area contributed by atoms with Gasteiger partial charge in [-0.25, -0.2) is 4.98 Å². The predicted molar refractivity (Wildman–Crippen MR) is 97.2 cm³/mol. The van der Waals surface area contributed by atoms with Crippen LogP contribution in [0.25, 0.3) is 0 Å². The first-order valence-corrected chi connectivity index (χ1v) is 8.84. The van der Waals surface area contributed by atoms with Crippen molar-refractivity contribution in [1.29, 1.82) is 5.26 Å². The lowest BCUT2D eigenvalue weighted by molar-refractivity contribution is 0.0965. The van der Waals surface area contributed by atoms with Crippen LogP contribution in [0.4, 0.5) is 5.82 Å². The van der Waals surface area contributed by atoms with E-state index in [0.29, 0.717) is 17.7 Å². The van der Waals surface area contributed by atoms with Gasteiger partial charge in [-0.15, -0.1) is 0 Å². The number of nitriles is 1. The first-order valence-electron chi connectivity index (χ1n) is 8.84. The first kappa shape index (κ1) is 16.4. The number of carbonyl (C=O) groups is 1. The molecule has 1 amide bonds. The molecule has 4 rings (SSSR count). The van der Waals surface area contributed by atoms with Gasteiger partial charge in [0.05, 0.1) is 29.4 Å². The molecule has 1 saturated heterocycles. The molecule has 26 heavy (non-hydrogen) atoms. The van der Waals surface area contributed by atoms with Gasteiger partial charge in [-0.1, -0.05) is 0 Å². The number of hydrogen-bond donors (Lipinski definition) is 1. The Bertz CT molecular complexity index is 878. The number of anilines is 1. The number of aryl methyl sites for hydroxylation is 1. The summed E-state index contributed by atoms with van der Waals surface area (Å²) >= 11 is 0. The molecule has 1 aromatic heterocycles. The maximum absolute atomic E-state index is 11.8. The first-order chi connectivity index (χ1) is 12.6. The summed E-state index contributed by atoms with van der Waals surface area (Å²) in [5, 5.41) is 11.7. The molecule has 3 heterocycles. The molecule has 2 aliphatic heterocycles. The molecular weight excluding hydrogens is 328 g/mol. The summed E-state index contributed by atoms with van der Waals surface area (Å²) in [5.74, 6) is 1.74. The van der Waals surface area contributed by atoms with Crippen LogP contribution in [0.15, 0.2) is 30.3 Å². The third kappa shape index (κ3) is 3.08. The number of piperidine rings is 1. The fourth-order valence-corrected chi connectivity index (χ4v) is 3.54. The van der Waals surface area contributed by atoms with Gasteiger partial charge in [0.15, 0.2) is 0 Å². The van der Waals surface area contributed by atoms with Gasteiger partial charge in [0, 0.05) is 25.9 Å². The van der Waals surface area contributed by atoms with Gasteiger partial charge in [-0.2, -0.15) is 5.26 Å². The van der Waals surface area contributed by atoms with Crippen molar-refractivity contribution >= 4 is 11.7 Å². The molecular formula is C20H20N4O2. The number of rotatable bonds is 3. The van der Waals surface area contributed by atoms with Crippen LogP contribution < -0.4 is 15.0 Å². The minimum Gasteiger partial charge on any atom is -0.490 e. The molecule has 0 unspecified atom stereocenters. The van der Waals surface area contributed by atoms with E-state index in [1.54, 1.807) is 12.1 Å². The number of carbonyl (C=O) groups excluding carboxylic acids is 1. The largest absolute Gasteiger partial charge is 0.490 e. The van der Waals surface area contributed by atoms with Gasteiger partial charge >= 0.3 is 0 Å². The van der Waals surface area contributed by atoms with Crippen molar-refractivity contribution in [2.75, 3.05) is 18.0 Å². The number of benzene rings is 1. The van der Waals surface area contributed by atoms with E-state index >= 15 is 0 Å². The maximum atomic E-state index is 11.8. The van der Waals surface area contributed by atoms with Crippen molar-refractivity contribution < 1.29 is 9.53 Å². The van der Waals surface area contributed by atoms with Crippen LogP contribution in [0.1, 0.15) is 40.0 Å². The van der Waals surface area contributed by atoms with Gasteiger partial charge < -0.3 is 15.0 Å². The highest BCUT2D eigenvalue weighted by Crippen LogP contribution is 2.27. The van der Waals surface area contributed by atoms with E-state index in [1.165, 1.54) is 0 Å². The molecule has 0 atom stereocenters. The van der Waals surface area contributed by atoms with Crippen molar-refractivity contribution in [2.24, 2.45) is 0 Å². The van der Waals surface area contributed by atoms with E-state index < -0.39 is 0 Å². The van der Waals surface area contributed by atoms with E-state index in [1.807, 2.05) is 25.1 Å². The van der Waals surface area contributed by atoms with E-state index in [0.717, 1.165) is 48.8 Å². The zero-order valence-corrected chi connectivity index (χ0v) is 14.7. The Morgan fingerprint density at radius 2 is 2.00 bits per heavy atom. The van der Waals surface area contributed by atoms with Crippen LogP contribution in [0.5, 0.6) is 5.75 Å². The lowest BCUT2D eigenvalue weighted by Gasteiger charge is -2.34. The minimum atomic E-state index is -0.0309. The summed E-state index contributed by atoms with van der Waals surface area (Å²) < 4.78 is 6.05. The van der Waals surface area contributed by atoms with E-state index in [4.69, 9.17) is 15.0 Å². The fourth-order valence-electron chi connectivity index (χ4n) is 3.54. The second kappa shape index (κ2) is 6.68. The Labute approximate surface area is 152 Å². The molecule has 0 aliphatic carbocycles. The summed E-state index contributed by atoms with van der Waals surface area (Å²) in [6.07, 6.45) is 1.99. The highest BCUT2D eigenvalue weighted by atomic mass is 16.5. The van der Waals surface area contributed by atoms with Gasteiger partial charge in [-0.05, 0) is 42.8 Å². The smallest absolute Gasteiger partial charge is 0.253 e. The Hall–Kier alpha value is -3.07. The third-order valence-electron chi connectivity index (χ3n) is 4.95. The van der Waals surface area contributed by atoms with Crippen LogP contribution in [-0.4, -0.2) is 30.1 Å². The van der Waals surface area contributed by atoms with Crippen molar-refractivity contribution in [3.05, 3.63) is 52.7 Å².